The minimum Gasteiger partial charge on any atom is -0.383 e. The molecule has 0 aliphatic carbocycles. The van der Waals surface area contributed by atoms with Crippen LogP contribution in [0.15, 0.2) is 9.59 Å². The quantitative estimate of drug-likeness (QED) is 0.476. The SMILES string of the molecule is CCCCn1c(N)c(N(C)CC(=O)NCC2CN(CC(C)C)CCO2)c(=O)[nH]c1=O. The number of amides is 1. The lowest BCUT2D eigenvalue weighted by Crippen LogP contribution is -2.49. The van der Waals surface area contributed by atoms with Crippen LogP contribution in [0, 0.1) is 5.92 Å². The standard InChI is InChI=1S/C20H36N6O4/c1-5-6-7-26-18(21)17(19(28)23-20(26)29)24(4)13-16(27)22-10-15-12-25(8-9-30-15)11-14(2)3/h14-15H,5-13,21H2,1-4H3,(H,22,27)(H,23,28,29). The molecule has 0 saturated carbocycles. The minimum absolute atomic E-state index is 0.0539. The third-order valence-electron chi connectivity index (χ3n) is 5.09. The predicted molar refractivity (Wildman–Crippen MR) is 118 cm³/mol. The molecular formula is C20H36N6O4. The summed E-state index contributed by atoms with van der Waals surface area (Å²) in [4.78, 5) is 42.9. The molecule has 10 nitrogen and oxygen atoms in total. The zero-order chi connectivity index (χ0) is 22.3. The van der Waals surface area contributed by atoms with Crippen molar-refractivity contribution in [2.45, 2.75) is 46.3 Å². The van der Waals surface area contributed by atoms with Gasteiger partial charge in [0, 0.05) is 39.8 Å². The van der Waals surface area contributed by atoms with Crippen LogP contribution in [0.2, 0.25) is 0 Å². The molecule has 0 spiro atoms. The van der Waals surface area contributed by atoms with E-state index in [1.54, 1.807) is 7.05 Å². The Labute approximate surface area is 177 Å². The maximum absolute atomic E-state index is 12.4. The normalized spacial score (nSPS) is 17.3. The van der Waals surface area contributed by atoms with Crippen molar-refractivity contribution in [3.63, 3.8) is 0 Å². The molecule has 2 rings (SSSR count). The first-order chi connectivity index (χ1) is 14.2. The zero-order valence-corrected chi connectivity index (χ0v) is 18.6. The van der Waals surface area contributed by atoms with Gasteiger partial charge in [0.2, 0.25) is 5.91 Å². The number of nitrogen functional groups attached to an aromatic ring is 1. The number of aromatic nitrogens is 2. The second kappa shape index (κ2) is 11.2. The summed E-state index contributed by atoms with van der Waals surface area (Å²) in [5.41, 5.74) is 5.08. The summed E-state index contributed by atoms with van der Waals surface area (Å²) in [7, 11) is 1.61. The minimum atomic E-state index is -0.597. The van der Waals surface area contributed by atoms with E-state index in [-0.39, 0.29) is 30.1 Å². The van der Waals surface area contributed by atoms with Crippen molar-refractivity contribution in [3.05, 3.63) is 20.8 Å². The number of nitrogens with one attached hydrogen (secondary N) is 2. The van der Waals surface area contributed by atoms with Crippen LogP contribution in [0.3, 0.4) is 0 Å². The highest BCUT2D eigenvalue weighted by Gasteiger charge is 2.22. The molecule has 30 heavy (non-hydrogen) atoms. The summed E-state index contributed by atoms with van der Waals surface area (Å²) in [6, 6.07) is 0. The number of carbonyl (C=O) groups is 1. The Balaban J connectivity index is 1.96. The fourth-order valence-corrected chi connectivity index (χ4v) is 3.65. The van der Waals surface area contributed by atoms with E-state index in [2.05, 4.69) is 29.0 Å². The number of nitrogens with two attached hydrogens (primary N) is 1. The number of ether oxygens (including phenoxy) is 1. The highest BCUT2D eigenvalue weighted by Crippen LogP contribution is 2.15. The van der Waals surface area contributed by atoms with Gasteiger partial charge in [-0.25, -0.2) is 4.79 Å². The third kappa shape index (κ3) is 6.60. The summed E-state index contributed by atoms with van der Waals surface area (Å²) < 4.78 is 7.09. The van der Waals surface area contributed by atoms with Gasteiger partial charge in [-0.1, -0.05) is 27.2 Å². The Morgan fingerprint density at radius 3 is 2.80 bits per heavy atom. The second-order valence-electron chi connectivity index (χ2n) is 8.30. The van der Waals surface area contributed by atoms with Crippen molar-refractivity contribution in [2.24, 2.45) is 5.92 Å². The fourth-order valence-electron chi connectivity index (χ4n) is 3.65. The number of rotatable bonds is 10. The average molecular weight is 425 g/mol. The van der Waals surface area contributed by atoms with E-state index < -0.39 is 11.2 Å². The number of carbonyl (C=O) groups excluding carboxylic acids is 1. The van der Waals surface area contributed by atoms with Crippen LogP contribution in [0.25, 0.3) is 0 Å². The molecule has 1 aliphatic rings. The summed E-state index contributed by atoms with van der Waals surface area (Å²) >= 11 is 0. The van der Waals surface area contributed by atoms with Crippen molar-refractivity contribution >= 4 is 17.4 Å². The number of H-pyrrole nitrogens is 1. The largest absolute Gasteiger partial charge is 0.383 e. The number of anilines is 2. The van der Waals surface area contributed by atoms with Crippen LogP contribution in [0.4, 0.5) is 11.5 Å². The first-order valence-electron chi connectivity index (χ1n) is 10.7. The zero-order valence-electron chi connectivity index (χ0n) is 18.6. The number of hydrogen-bond donors (Lipinski definition) is 3. The molecule has 1 aromatic heterocycles. The van der Waals surface area contributed by atoms with Gasteiger partial charge >= 0.3 is 5.69 Å². The highest BCUT2D eigenvalue weighted by molar-refractivity contribution is 5.82. The van der Waals surface area contributed by atoms with Crippen molar-refractivity contribution in [1.82, 2.24) is 19.8 Å². The van der Waals surface area contributed by atoms with Gasteiger partial charge in [-0.3, -0.25) is 24.0 Å². The van der Waals surface area contributed by atoms with Gasteiger partial charge in [0.25, 0.3) is 5.56 Å². The van der Waals surface area contributed by atoms with Gasteiger partial charge in [0.05, 0.1) is 19.3 Å². The molecule has 0 aromatic carbocycles. The lowest BCUT2D eigenvalue weighted by atomic mass is 10.2. The molecule has 1 aliphatic heterocycles. The Bertz CT molecular complexity index is 818. The lowest BCUT2D eigenvalue weighted by Gasteiger charge is -2.34. The van der Waals surface area contributed by atoms with Crippen LogP contribution in [0.5, 0.6) is 0 Å². The van der Waals surface area contributed by atoms with Crippen LogP contribution >= 0.6 is 0 Å². The topological polar surface area (TPSA) is 126 Å². The van der Waals surface area contributed by atoms with Crippen molar-refractivity contribution < 1.29 is 9.53 Å². The number of unbranched alkanes of at least 4 members (excludes halogenated alkanes) is 1. The molecule has 10 heteroatoms. The predicted octanol–water partition coefficient (Wildman–Crippen LogP) is -0.172. The van der Waals surface area contributed by atoms with Gasteiger partial charge in [-0.2, -0.15) is 0 Å². The molecule has 0 radical (unpaired) electrons. The van der Waals surface area contributed by atoms with Gasteiger partial charge in [-0.05, 0) is 12.3 Å². The Morgan fingerprint density at radius 1 is 1.40 bits per heavy atom. The summed E-state index contributed by atoms with van der Waals surface area (Å²) in [5, 5.41) is 2.87. The van der Waals surface area contributed by atoms with Crippen LogP contribution in [0.1, 0.15) is 33.6 Å². The molecular weight excluding hydrogens is 388 g/mol. The summed E-state index contributed by atoms with van der Waals surface area (Å²) in [6.07, 6.45) is 1.59. The molecule has 0 bridgehead atoms. The molecule has 4 N–H and O–H groups in total. The third-order valence-corrected chi connectivity index (χ3v) is 5.09. The molecule has 1 unspecified atom stereocenters. The Kier molecular flexibility index (Phi) is 8.91. The van der Waals surface area contributed by atoms with E-state index >= 15 is 0 Å². The van der Waals surface area contributed by atoms with Crippen molar-refractivity contribution in [2.75, 3.05) is 57.0 Å². The lowest BCUT2D eigenvalue weighted by molar-refractivity contribution is -0.121. The van der Waals surface area contributed by atoms with E-state index in [0.29, 0.717) is 25.6 Å². The molecule has 1 saturated heterocycles. The fraction of sp³-hybridized carbons (Fsp3) is 0.750. The molecule has 170 valence electrons. The second-order valence-corrected chi connectivity index (χ2v) is 8.30. The maximum Gasteiger partial charge on any atom is 0.330 e. The van der Waals surface area contributed by atoms with Crippen LogP contribution < -0.4 is 27.2 Å². The molecule has 1 amide bonds. The number of hydrogen-bond acceptors (Lipinski definition) is 7. The average Bonchev–Trinajstić information content (AvgIpc) is 2.65. The summed E-state index contributed by atoms with van der Waals surface area (Å²) in [5.74, 6) is 0.413. The number of morpholine rings is 1. The molecule has 1 fully saturated rings. The van der Waals surface area contributed by atoms with Crippen molar-refractivity contribution in [1.29, 1.82) is 0 Å². The summed E-state index contributed by atoms with van der Waals surface area (Å²) in [6.45, 7) is 10.5. The van der Waals surface area contributed by atoms with E-state index in [1.165, 1.54) is 9.47 Å². The smallest absolute Gasteiger partial charge is 0.330 e. The monoisotopic (exact) mass is 424 g/mol. The van der Waals surface area contributed by atoms with Gasteiger partial charge in [-0.15, -0.1) is 0 Å². The van der Waals surface area contributed by atoms with E-state index in [4.69, 9.17) is 10.5 Å². The van der Waals surface area contributed by atoms with Crippen LogP contribution in [-0.4, -0.2) is 72.8 Å². The highest BCUT2D eigenvalue weighted by atomic mass is 16.5. The van der Waals surface area contributed by atoms with E-state index in [9.17, 15) is 14.4 Å². The Hall–Kier alpha value is -2.33. The first-order valence-corrected chi connectivity index (χ1v) is 10.7. The maximum atomic E-state index is 12.4. The van der Waals surface area contributed by atoms with E-state index in [0.717, 1.165) is 32.5 Å². The molecule has 1 atom stereocenters. The molecule has 1 aromatic rings. The van der Waals surface area contributed by atoms with Gasteiger partial charge < -0.3 is 20.7 Å². The first kappa shape index (κ1) is 23.9. The van der Waals surface area contributed by atoms with E-state index in [1.807, 2.05) is 6.92 Å². The molecule has 2 heterocycles. The number of nitrogens with zero attached hydrogens (tertiary/aromatic N) is 3. The van der Waals surface area contributed by atoms with Crippen molar-refractivity contribution in [3.8, 4) is 0 Å². The van der Waals surface area contributed by atoms with Gasteiger partial charge in [0.15, 0.2) is 0 Å². The van der Waals surface area contributed by atoms with Gasteiger partial charge in [0.1, 0.15) is 11.5 Å². The number of likely N-dealkylation sites (N-methyl/N-ethyl adjacent to an activating group) is 1. The Morgan fingerprint density at radius 2 is 2.13 bits per heavy atom. The number of aromatic amines is 1. The van der Waals surface area contributed by atoms with Crippen LogP contribution in [-0.2, 0) is 16.1 Å².